The standard InChI is InChI=1S/C12H13N/c1-4-11-7-10(8-13)5-6-12(11)9(2)3/h4-7,9H,1H2,2-3H3. The number of benzene rings is 1. The smallest absolute Gasteiger partial charge is 0.0991 e. The Hall–Kier alpha value is -1.55. The van der Waals surface area contributed by atoms with Crippen LogP contribution in [0.25, 0.3) is 6.08 Å². The lowest BCUT2D eigenvalue weighted by Gasteiger charge is -2.09. The molecule has 0 aromatic heterocycles. The first-order valence-corrected chi connectivity index (χ1v) is 4.35. The monoisotopic (exact) mass is 171 g/mol. The summed E-state index contributed by atoms with van der Waals surface area (Å²) < 4.78 is 0. The van der Waals surface area contributed by atoms with Crippen molar-refractivity contribution in [1.82, 2.24) is 0 Å². The second-order valence-electron chi connectivity index (χ2n) is 3.31. The van der Waals surface area contributed by atoms with Crippen LogP contribution in [0.3, 0.4) is 0 Å². The maximum atomic E-state index is 8.70. The molecular formula is C12H13N. The Bertz CT molecular complexity index is 356. The van der Waals surface area contributed by atoms with Gasteiger partial charge in [-0.05, 0) is 29.2 Å². The van der Waals surface area contributed by atoms with Gasteiger partial charge in [0.05, 0.1) is 11.6 Å². The third-order valence-electron chi connectivity index (χ3n) is 2.06. The Morgan fingerprint density at radius 2 is 2.15 bits per heavy atom. The van der Waals surface area contributed by atoms with Gasteiger partial charge in [-0.3, -0.25) is 0 Å². The van der Waals surface area contributed by atoms with E-state index < -0.39 is 0 Å². The quantitative estimate of drug-likeness (QED) is 0.669. The lowest BCUT2D eigenvalue weighted by molar-refractivity contribution is 0.864. The van der Waals surface area contributed by atoms with Gasteiger partial charge in [-0.2, -0.15) is 5.26 Å². The topological polar surface area (TPSA) is 23.8 Å². The summed E-state index contributed by atoms with van der Waals surface area (Å²) in [7, 11) is 0. The first-order chi connectivity index (χ1) is 6.19. The van der Waals surface area contributed by atoms with Crippen molar-refractivity contribution >= 4 is 6.08 Å². The summed E-state index contributed by atoms with van der Waals surface area (Å²) in [6.07, 6.45) is 1.80. The average Bonchev–Trinajstić information content (AvgIpc) is 2.16. The van der Waals surface area contributed by atoms with Gasteiger partial charge in [-0.15, -0.1) is 0 Å². The molecule has 0 saturated carbocycles. The molecule has 0 N–H and O–H groups in total. The molecule has 0 amide bonds. The van der Waals surface area contributed by atoms with Gasteiger partial charge >= 0.3 is 0 Å². The third-order valence-corrected chi connectivity index (χ3v) is 2.06. The van der Waals surface area contributed by atoms with E-state index in [-0.39, 0.29) is 0 Å². The zero-order valence-electron chi connectivity index (χ0n) is 8.04. The van der Waals surface area contributed by atoms with Crippen LogP contribution in [0.15, 0.2) is 24.8 Å². The molecule has 0 saturated heterocycles. The predicted octanol–water partition coefficient (Wildman–Crippen LogP) is 3.32. The number of rotatable bonds is 2. The number of hydrogen-bond acceptors (Lipinski definition) is 1. The zero-order chi connectivity index (χ0) is 9.84. The second kappa shape index (κ2) is 3.91. The van der Waals surface area contributed by atoms with Crippen molar-refractivity contribution in [1.29, 1.82) is 5.26 Å². The van der Waals surface area contributed by atoms with Gasteiger partial charge in [0.25, 0.3) is 0 Å². The van der Waals surface area contributed by atoms with Gasteiger partial charge in [0.2, 0.25) is 0 Å². The fraction of sp³-hybridized carbons (Fsp3) is 0.250. The van der Waals surface area contributed by atoms with Crippen molar-refractivity contribution in [3.05, 3.63) is 41.5 Å². The lowest BCUT2D eigenvalue weighted by Crippen LogP contribution is -1.92. The van der Waals surface area contributed by atoms with Crippen molar-refractivity contribution in [2.24, 2.45) is 0 Å². The van der Waals surface area contributed by atoms with Gasteiger partial charge in [0.1, 0.15) is 0 Å². The van der Waals surface area contributed by atoms with E-state index in [0.29, 0.717) is 11.5 Å². The highest BCUT2D eigenvalue weighted by molar-refractivity contribution is 5.55. The van der Waals surface area contributed by atoms with Crippen LogP contribution in [0.2, 0.25) is 0 Å². The van der Waals surface area contributed by atoms with Gasteiger partial charge < -0.3 is 0 Å². The summed E-state index contributed by atoms with van der Waals surface area (Å²) in [5, 5.41) is 8.70. The molecule has 0 unspecified atom stereocenters. The molecule has 0 heterocycles. The molecule has 1 rings (SSSR count). The Morgan fingerprint density at radius 3 is 2.62 bits per heavy atom. The minimum Gasteiger partial charge on any atom is -0.192 e. The molecule has 0 spiro atoms. The molecule has 1 aromatic rings. The molecule has 66 valence electrons. The fourth-order valence-corrected chi connectivity index (χ4v) is 1.35. The minimum absolute atomic E-state index is 0.473. The second-order valence-corrected chi connectivity index (χ2v) is 3.31. The van der Waals surface area contributed by atoms with Gasteiger partial charge in [-0.25, -0.2) is 0 Å². The van der Waals surface area contributed by atoms with E-state index in [1.807, 2.05) is 18.2 Å². The summed E-state index contributed by atoms with van der Waals surface area (Å²) in [6.45, 7) is 8.01. The highest BCUT2D eigenvalue weighted by Gasteiger charge is 2.04. The molecule has 1 heteroatoms. The van der Waals surface area contributed by atoms with Gasteiger partial charge in [0.15, 0.2) is 0 Å². The van der Waals surface area contributed by atoms with Crippen LogP contribution in [-0.2, 0) is 0 Å². The molecule has 0 radical (unpaired) electrons. The van der Waals surface area contributed by atoms with Crippen LogP contribution in [0, 0.1) is 11.3 Å². The van der Waals surface area contributed by atoms with E-state index in [2.05, 4.69) is 26.5 Å². The van der Waals surface area contributed by atoms with Gasteiger partial charge in [0, 0.05) is 0 Å². The molecule has 0 aliphatic heterocycles. The normalized spacial score (nSPS) is 9.69. The Labute approximate surface area is 79.3 Å². The molecule has 13 heavy (non-hydrogen) atoms. The zero-order valence-corrected chi connectivity index (χ0v) is 8.04. The summed E-state index contributed by atoms with van der Waals surface area (Å²) in [5.74, 6) is 0.473. The molecular weight excluding hydrogens is 158 g/mol. The minimum atomic E-state index is 0.473. The van der Waals surface area contributed by atoms with Crippen LogP contribution >= 0.6 is 0 Å². The number of hydrogen-bond donors (Lipinski definition) is 0. The van der Waals surface area contributed by atoms with E-state index in [0.717, 1.165) is 5.56 Å². The van der Waals surface area contributed by atoms with Crippen LogP contribution < -0.4 is 0 Å². The summed E-state index contributed by atoms with van der Waals surface area (Å²) in [5.41, 5.74) is 3.00. The first kappa shape index (κ1) is 9.54. The van der Waals surface area contributed by atoms with Crippen molar-refractivity contribution in [2.45, 2.75) is 19.8 Å². The maximum Gasteiger partial charge on any atom is 0.0991 e. The third kappa shape index (κ3) is 1.97. The average molecular weight is 171 g/mol. The van der Waals surface area contributed by atoms with Crippen LogP contribution in [0.5, 0.6) is 0 Å². The highest BCUT2D eigenvalue weighted by Crippen LogP contribution is 2.21. The molecule has 1 nitrogen and oxygen atoms in total. The van der Waals surface area contributed by atoms with E-state index in [4.69, 9.17) is 5.26 Å². The lowest BCUT2D eigenvalue weighted by atomic mass is 9.95. The SMILES string of the molecule is C=Cc1cc(C#N)ccc1C(C)C. The van der Waals surface area contributed by atoms with Gasteiger partial charge in [-0.1, -0.05) is 32.6 Å². The van der Waals surface area contributed by atoms with Crippen molar-refractivity contribution in [3.8, 4) is 6.07 Å². The highest BCUT2D eigenvalue weighted by atomic mass is 14.2. The number of nitriles is 1. The van der Waals surface area contributed by atoms with E-state index in [1.165, 1.54) is 5.56 Å². The summed E-state index contributed by atoms with van der Waals surface area (Å²) in [6, 6.07) is 7.85. The Morgan fingerprint density at radius 1 is 1.46 bits per heavy atom. The molecule has 0 atom stereocenters. The molecule has 0 aliphatic rings. The van der Waals surface area contributed by atoms with E-state index in [1.54, 1.807) is 6.08 Å². The van der Waals surface area contributed by atoms with Crippen LogP contribution in [0.1, 0.15) is 36.5 Å². The van der Waals surface area contributed by atoms with Crippen molar-refractivity contribution in [3.63, 3.8) is 0 Å². The van der Waals surface area contributed by atoms with E-state index >= 15 is 0 Å². The maximum absolute atomic E-state index is 8.70. The number of nitrogens with zero attached hydrogens (tertiary/aromatic N) is 1. The Kier molecular flexibility index (Phi) is 2.87. The van der Waals surface area contributed by atoms with Crippen LogP contribution in [0.4, 0.5) is 0 Å². The molecule has 0 bridgehead atoms. The fourth-order valence-electron chi connectivity index (χ4n) is 1.35. The van der Waals surface area contributed by atoms with E-state index in [9.17, 15) is 0 Å². The largest absolute Gasteiger partial charge is 0.192 e. The first-order valence-electron chi connectivity index (χ1n) is 4.35. The molecule has 0 aliphatic carbocycles. The van der Waals surface area contributed by atoms with Crippen molar-refractivity contribution < 1.29 is 0 Å². The predicted molar refractivity (Wildman–Crippen MR) is 55.3 cm³/mol. The molecule has 1 aromatic carbocycles. The Balaban J connectivity index is 3.25. The summed E-state index contributed by atoms with van der Waals surface area (Å²) in [4.78, 5) is 0. The van der Waals surface area contributed by atoms with Crippen LogP contribution in [-0.4, -0.2) is 0 Å². The molecule has 0 fully saturated rings. The van der Waals surface area contributed by atoms with Crippen molar-refractivity contribution in [2.75, 3.05) is 0 Å². The summed E-state index contributed by atoms with van der Waals surface area (Å²) >= 11 is 0.